The number of nitrogens with zero attached hydrogens (tertiary/aromatic N) is 2. The Labute approximate surface area is 122 Å². The molecule has 0 aromatic heterocycles. The van der Waals surface area contributed by atoms with Crippen LogP contribution >= 0.6 is 0 Å². The Morgan fingerprint density at radius 1 is 1.38 bits per heavy atom. The van der Waals surface area contributed by atoms with E-state index in [1.54, 1.807) is 24.3 Å². The molecule has 0 aliphatic carbocycles. The number of likely N-dealkylation sites (tertiary alicyclic amines) is 1. The lowest BCUT2D eigenvalue weighted by Gasteiger charge is -2.16. The standard InChI is InChI=1S/C15H16N2O4/c1-10-7-17(8-13(10)15(19)20)14(18)9-21-12-4-2-11(6-16)3-5-12/h2-5,10,13H,7-9H2,1H3,(H,19,20). The summed E-state index contributed by atoms with van der Waals surface area (Å²) in [6.07, 6.45) is 0. The van der Waals surface area contributed by atoms with Crippen molar-refractivity contribution < 1.29 is 19.4 Å². The number of nitriles is 1. The fraction of sp³-hybridized carbons (Fsp3) is 0.400. The Balaban J connectivity index is 1.87. The van der Waals surface area contributed by atoms with E-state index in [4.69, 9.17) is 15.1 Å². The van der Waals surface area contributed by atoms with Crippen LogP contribution in [0.5, 0.6) is 5.75 Å². The van der Waals surface area contributed by atoms with Gasteiger partial charge in [0, 0.05) is 13.1 Å². The Hall–Kier alpha value is -2.55. The van der Waals surface area contributed by atoms with Crippen molar-refractivity contribution in [3.8, 4) is 11.8 Å². The maximum atomic E-state index is 12.0. The van der Waals surface area contributed by atoms with Gasteiger partial charge >= 0.3 is 5.97 Å². The lowest BCUT2D eigenvalue weighted by molar-refractivity contribution is -0.142. The number of ether oxygens (including phenoxy) is 1. The highest BCUT2D eigenvalue weighted by Crippen LogP contribution is 2.23. The predicted octanol–water partition coefficient (Wildman–Crippen LogP) is 1.12. The van der Waals surface area contributed by atoms with Gasteiger partial charge in [-0.25, -0.2) is 0 Å². The third-order valence-electron chi connectivity index (χ3n) is 3.63. The minimum atomic E-state index is -0.870. The highest BCUT2D eigenvalue weighted by atomic mass is 16.5. The van der Waals surface area contributed by atoms with Gasteiger partial charge in [0.25, 0.3) is 5.91 Å². The number of carbonyl (C=O) groups excluding carboxylic acids is 1. The van der Waals surface area contributed by atoms with E-state index in [1.165, 1.54) is 4.90 Å². The highest BCUT2D eigenvalue weighted by molar-refractivity contribution is 5.80. The average molecular weight is 288 g/mol. The van der Waals surface area contributed by atoms with E-state index in [2.05, 4.69) is 0 Å². The maximum Gasteiger partial charge on any atom is 0.308 e. The SMILES string of the molecule is CC1CN(C(=O)COc2ccc(C#N)cc2)CC1C(=O)O. The Kier molecular flexibility index (Phi) is 4.43. The lowest BCUT2D eigenvalue weighted by atomic mass is 9.99. The molecule has 1 heterocycles. The van der Waals surface area contributed by atoms with E-state index in [1.807, 2.05) is 13.0 Å². The number of benzene rings is 1. The van der Waals surface area contributed by atoms with Crippen molar-refractivity contribution in [2.24, 2.45) is 11.8 Å². The van der Waals surface area contributed by atoms with Gasteiger partial charge in [0.15, 0.2) is 6.61 Å². The van der Waals surface area contributed by atoms with Gasteiger partial charge in [0.2, 0.25) is 0 Å². The van der Waals surface area contributed by atoms with Gasteiger partial charge in [-0.2, -0.15) is 5.26 Å². The summed E-state index contributed by atoms with van der Waals surface area (Å²) >= 11 is 0. The number of hydrogen-bond acceptors (Lipinski definition) is 4. The molecule has 0 spiro atoms. The lowest BCUT2D eigenvalue weighted by Crippen LogP contribution is -2.33. The second-order valence-electron chi connectivity index (χ2n) is 5.15. The van der Waals surface area contributed by atoms with Gasteiger partial charge < -0.3 is 14.7 Å². The Bertz CT molecular complexity index is 576. The summed E-state index contributed by atoms with van der Waals surface area (Å²) in [4.78, 5) is 24.6. The fourth-order valence-corrected chi connectivity index (χ4v) is 2.35. The van der Waals surface area contributed by atoms with Crippen molar-refractivity contribution >= 4 is 11.9 Å². The molecular weight excluding hydrogens is 272 g/mol. The molecule has 0 radical (unpaired) electrons. The van der Waals surface area contributed by atoms with Crippen molar-refractivity contribution in [1.29, 1.82) is 5.26 Å². The Morgan fingerprint density at radius 2 is 2.05 bits per heavy atom. The summed E-state index contributed by atoms with van der Waals surface area (Å²) in [6, 6.07) is 8.46. The molecule has 0 saturated carbocycles. The van der Waals surface area contributed by atoms with E-state index in [0.29, 0.717) is 17.9 Å². The Morgan fingerprint density at radius 3 is 2.57 bits per heavy atom. The summed E-state index contributed by atoms with van der Waals surface area (Å²) in [5, 5.41) is 17.7. The number of rotatable bonds is 4. The highest BCUT2D eigenvalue weighted by Gasteiger charge is 2.36. The monoisotopic (exact) mass is 288 g/mol. The number of carboxylic acids is 1. The van der Waals surface area contributed by atoms with Crippen LogP contribution in [0, 0.1) is 23.2 Å². The predicted molar refractivity (Wildman–Crippen MR) is 73.5 cm³/mol. The van der Waals surface area contributed by atoms with E-state index in [0.717, 1.165) is 0 Å². The van der Waals surface area contributed by atoms with Crippen LogP contribution in [0.15, 0.2) is 24.3 Å². The molecule has 6 nitrogen and oxygen atoms in total. The summed E-state index contributed by atoms with van der Waals surface area (Å²) in [5.74, 6) is -1.16. The van der Waals surface area contributed by atoms with Crippen LogP contribution < -0.4 is 4.74 Å². The van der Waals surface area contributed by atoms with Crippen molar-refractivity contribution in [2.45, 2.75) is 6.92 Å². The van der Waals surface area contributed by atoms with Crippen LogP contribution in [-0.4, -0.2) is 41.6 Å². The quantitative estimate of drug-likeness (QED) is 0.896. The van der Waals surface area contributed by atoms with Crippen LogP contribution in [0.4, 0.5) is 0 Å². The second kappa shape index (κ2) is 6.27. The first-order valence-corrected chi connectivity index (χ1v) is 6.65. The first kappa shape index (κ1) is 14.9. The van der Waals surface area contributed by atoms with Gasteiger partial charge in [-0.1, -0.05) is 6.92 Å². The molecule has 2 rings (SSSR count). The van der Waals surface area contributed by atoms with E-state index in [-0.39, 0.29) is 25.0 Å². The van der Waals surface area contributed by atoms with Gasteiger partial charge in [-0.3, -0.25) is 9.59 Å². The summed E-state index contributed by atoms with van der Waals surface area (Å²) in [5.41, 5.74) is 0.520. The summed E-state index contributed by atoms with van der Waals surface area (Å²) in [7, 11) is 0. The largest absolute Gasteiger partial charge is 0.484 e. The van der Waals surface area contributed by atoms with Crippen LogP contribution in [-0.2, 0) is 9.59 Å². The molecule has 1 aliphatic rings. The summed E-state index contributed by atoms with van der Waals surface area (Å²) in [6.45, 7) is 2.36. The van der Waals surface area contributed by atoms with Crippen molar-refractivity contribution in [3.63, 3.8) is 0 Å². The minimum Gasteiger partial charge on any atom is -0.484 e. The van der Waals surface area contributed by atoms with Crippen LogP contribution in [0.25, 0.3) is 0 Å². The zero-order valence-corrected chi connectivity index (χ0v) is 11.7. The molecule has 110 valence electrons. The van der Waals surface area contributed by atoms with Crippen molar-refractivity contribution in [2.75, 3.05) is 19.7 Å². The van der Waals surface area contributed by atoms with Gasteiger partial charge in [-0.15, -0.1) is 0 Å². The zero-order valence-electron chi connectivity index (χ0n) is 11.7. The molecule has 1 aliphatic heterocycles. The van der Waals surface area contributed by atoms with Gasteiger partial charge in [0.1, 0.15) is 5.75 Å². The number of amides is 1. The maximum absolute atomic E-state index is 12.0. The average Bonchev–Trinajstić information content (AvgIpc) is 2.87. The number of hydrogen-bond donors (Lipinski definition) is 1. The molecule has 2 unspecified atom stereocenters. The third kappa shape index (κ3) is 3.51. The molecule has 2 atom stereocenters. The van der Waals surface area contributed by atoms with E-state index < -0.39 is 11.9 Å². The molecule has 1 aromatic carbocycles. The number of carbonyl (C=O) groups is 2. The molecular formula is C15H16N2O4. The number of carboxylic acid groups (broad SMARTS) is 1. The molecule has 6 heteroatoms. The number of aliphatic carboxylic acids is 1. The molecule has 1 N–H and O–H groups in total. The van der Waals surface area contributed by atoms with Crippen LogP contribution in [0.3, 0.4) is 0 Å². The summed E-state index contributed by atoms with van der Waals surface area (Å²) < 4.78 is 5.36. The minimum absolute atomic E-state index is 0.0543. The molecule has 1 fully saturated rings. The van der Waals surface area contributed by atoms with Crippen molar-refractivity contribution in [3.05, 3.63) is 29.8 Å². The first-order chi connectivity index (χ1) is 10.0. The molecule has 21 heavy (non-hydrogen) atoms. The molecule has 1 amide bonds. The van der Waals surface area contributed by atoms with Crippen LogP contribution in [0.1, 0.15) is 12.5 Å². The second-order valence-corrected chi connectivity index (χ2v) is 5.15. The topological polar surface area (TPSA) is 90.6 Å². The van der Waals surface area contributed by atoms with Crippen LogP contribution in [0.2, 0.25) is 0 Å². The normalized spacial score (nSPS) is 20.9. The van der Waals surface area contributed by atoms with E-state index in [9.17, 15) is 9.59 Å². The molecule has 1 saturated heterocycles. The molecule has 1 aromatic rings. The van der Waals surface area contributed by atoms with Gasteiger partial charge in [0.05, 0.1) is 17.6 Å². The van der Waals surface area contributed by atoms with E-state index >= 15 is 0 Å². The smallest absolute Gasteiger partial charge is 0.308 e. The van der Waals surface area contributed by atoms with Gasteiger partial charge in [-0.05, 0) is 30.2 Å². The molecule has 0 bridgehead atoms. The third-order valence-corrected chi connectivity index (χ3v) is 3.63. The first-order valence-electron chi connectivity index (χ1n) is 6.65. The fourth-order valence-electron chi connectivity index (χ4n) is 2.35. The zero-order chi connectivity index (χ0) is 15.4. The van der Waals surface area contributed by atoms with Crippen molar-refractivity contribution in [1.82, 2.24) is 4.90 Å².